The van der Waals surface area contributed by atoms with Gasteiger partial charge in [-0.2, -0.15) is 0 Å². The second-order valence-electron chi connectivity index (χ2n) is 9.48. The van der Waals surface area contributed by atoms with Crippen molar-refractivity contribution in [3.63, 3.8) is 0 Å². The Morgan fingerprint density at radius 3 is 2.55 bits per heavy atom. The summed E-state index contributed by atoms with van der Waals surface area (Å²) in [5, 5.41) is 2.10. The van der Waals surface area contributed by atoms with E-state index in [-0.39, 0.29) is 29.6 Å². The molecular formula is C25H31ClFN3O2S. The molecule has 8 heteroatoms. The Kier molecular flexibility index (Phi) is 7.41. The average molecular weight is 492 g/mol. The van der Waals surface area contributed by atoms with E-state index in [9.17, 15) is 14.0 Å². The summed E-state index contributed by atoms with van der Waals surface area (Å²) < 4.78 is 14.0. The molecule has 3 heterocycles. The molecule has 0 aliphatic carbocycles. The van der Waals surface area contributed by atoms with Crippen molar-refractivity contribution in [2.45, 2.75) is 32.7 Å². The molecular weight excluding hydrogens is 461 g/mol. The molecule has 0 N–H and O–H groups in total. The third-order valence-electron chi connectivity index (χ3n) is 6.68. The second kappa shape index (κ2) is 10.1. The number of fused-ring (bicyclic) bond motifs is 1. The Morgan fingerprint density at radius 2 is 1.85 bits per heavy atom. The molecule has 1 saturated heterocycles. The van der Waals surface area contributed by atoms with Gasteiger partial charge in [-0.25, -0.2) is 4.39 Å². The first-order valence-electron chi connectivity index (χ1n) is 11.5. The largest absolute Gasteiger partial charge is 0.339 e. The lowest BCUT2D eigenvalue weighted by Gasteiger charge is -2.39. The zero-order valence-corrected chi connectivity index (χ0v) is 20.8. The number of benzene rings is 1. The molecule has 0 radical (unpaired) electrons. The van der Waals surface area contributed by atoms with Crippen molar-refractivity contribution in [3.05, 3.63) is 57.5 Å². The second-order valence-corrected chi connectivity index (χ2v) is 10.8. The van der Waals surface area contributed by atoms with Crippen LogP contribution in [0.4, 0.5) is 4.39 Å². The molecule has 2 aliphatic rings. The van der Waals surface area contributed by atoms with Crippen LogP contribution in [-0.4, -0.2) is 71.7 Å². The summed E-state index contributed by atoms with van der Waals surface area (Å²) in [4.78, 5) is 32.9. The maximum atomic E-state index is 14.0. The highest BCUT2D eigenvalue weighted by atomic mass is 35.5. The summed E-state index contributed by atoms with van der Waals surface area (Å²) >= 11 is 7.70. The molecule has 0 bridgehead atoms. The van der Waals surface area contributed by atoms with Crippen molar-refractivity contribution < 1.29 is 14.0 Å². The zero-order valence-electron chi connectivity index (χ0n) is 19.2. The number of piperazine rings is 1. The van der Waals surface area contributed by atoms with Crippen LogP contribution in [0.15, 0.2) is 35.7 Å². The molecule has 5 nitrogen and oxygen atoms in total. The highest BCUT2D eigenvalue weighted by molar-refractivity contribution is 7.10. The fraction of sp³-hybridized carbons (Fsp3) is 0.520. The van der Waals surface area contributed by atoms with Gasteiger partial charge < -0.3 is 9.80 Å². The molecule has 2 aromatic rings. The van der Waals surface area contributed by atoms with Crippen molar-refractivity contribution in [2.75, 3.05) is 45.1 Å². The van der Waals surface area contributed by atoms with Crippen LogP contribution in [0.2, 0.25) is 0 Å². The van der Waals surface area contributed by atoms with Gasteiger partial charge in [0.2, 0.25) is 11.8 Å². The molecule has 2 amide bonds. The van der Waals surface area contributed by atoms with Crippen LogP contribution in [0, 0.1) is 11.2 Å². The summed E-state index contributed by atoms with van der Waals surface area (Å²) in [7, 11) is 0. The highest BCUT2D eigenvalue weighted by Gasteiger charge is 2.34. The first kappa shape index (κ1) is 24.2. The predicted molar refractivity (Wildman–Crippen MR) is 130 cm³/mol. The van der Waals surface area contributed by atoms with E-state index in [1.807, 2.05) is 29.7 Å². The summed E-state index contributed by atoms with van der Waals surface area (Å²) in [6.45, 7) is 7.34. The van der Waals surface area contributed by atoms with E-state index in [2.05, 4.69) is 16.3 Å². The SMILES string of the molecule is CC(C)(CCl)C(=O)N1CCN(C(=O)CCN2CCc3sccc3C2c2cccc(F)c2)CC1. The molecule has 0 spiro atoms. The average Bonchev–Trinajstić information content (AvgIpc) is 3.30. The molecule has 1 aromatic heterocycles. The summed E-state index contributed by atoms with van der Waals surface area (Å²) in [6.07, 6.45) is 1.36. The predicted octanol–water partition coefficient (Wildman–Crippen LogP) is 4.16. The molecule has 4 rings (SSSR count). The number of alkyl halides is 1. The fourth-order valence-electron chi connectivity index (χ4n) is 4.72. The number of nitrogens with zero attached hydrogens (tertiary/aromatic N) is 3. The van der Waals surface area contributed by atoms with Gasteiger partial charge in [-0.1, -0.05) is 12.1 Å². The molecule has 1 aromatic carbocycles. The van der Waals surface area contributed by atoms with Crippen LogP contribution >= 0.6 is 22.9 Å². The van der Waals surface area contributed by atoms with Gasteiger partial charge in [0.15, 0.2) is 0 Å². The minimum atomic E-state index is -0.589. The zero-order chi connectivity index (χ0) is 23.6. The first-order chi connectivity index (χ1) is 15.8. The number of halogens is 2. The number of hydrogen-bond acceptors (Lipinski definition) is 4. The van der Waals surface area contributed by atoms with Gasteiger partial charge in [0.05, 0.1) is 11.5 Å². The van der Waals surface area contributed by atoms with Crippen molar-refractivity contribution >= 4 is 34.8 Å². The van der Waals surface area contributed by atoms with Gasteiger partial charge in [-0.15, -0.1) is 22.9 Å². The van der Waals surface area contributed by atoms with Crippen LogP contribution in [0.5, 0.6) is 0 Å². The molecule has 0 saturated carbocycles. The van der Waals surface area contributed by atoms with Crippen molar-refractivity contribution in [2.24, 2.45) is 5.41 Å². The molecule has 1 unspecified atom stereocenters. The Hall–Kier alpha value is -1.96. The standard InChI is InChI=1S/C25H31ClFN3O2S/c1-25(2,17-26)24(32)30-13-11-28(12-14-30)22(31)7-10-29-9-6-21-20(8-15-33-21)23(29)18-4-3-5-19(27)16-18/h3-5,8,15-16,23H,6-7,9-14,17H2,1-2H3. The fourth-order valence-corrected chi connectivity index (χ4v) is 5.74. The van der Waals surface area contributed by atoms with E-state index >= 15 is 0 Å². The number of carbonyl (C=O) groups is 2. The maximum Gasteiger partial charge on any atom is 0.229 e. The first-order valence-corrected chi connectivity index (χ1v) is 12.9. The summed E-state index contributed by atoms with van der Waals surface area (Å²) in [6, 6.07) is 8.88. The lowest BCUT2D eigenvalue weighted by molar-refractivity contribution is -0.144. The van der Waals surface area contributed by atoms with E-state index in [0.29, 0.717) is 39.1 Å². The number of rotatable bonds is 6. The smallest absolute Gasteiger partial charge is 0.229 e. The number of amides is 2. The summed E-state index contributed by atoms with van der Waals surface area (Å²) in [5.41, 5.74) is 1.56. The van der Waals surface area contributed by atoms with Gasteiger partial charge in [0, 0.05) is 56.4 Å². The Bertz CT molecular complexity index is 1000. The monoisotopic (exact) mass is 491 g/mol. The van der Waals surface area contributed by atoms with E-state index < -0.39 is 5.41 Å². The quantitative estimate of drug-likeness (QED) is 0.570. The van der Waals surface area contributed by atoms with Gasteiger partial charge in [0.1, 0.15) is 5.82 Å². The Balaban J connectivity index is 1.37. The molecule has 1 fully saturated rings. The van der Waals surface area contributed by atoms with Gasteiger partial charge >= 0.3 is 0 Å². The Morgan fingerprint density at radius 1 is 1.12 bits per heavy atom. The van der Waals surface area contributed by atoms with Crippen molar-refractivity contribution in [1.29, 1.82) is 0 Å². The van der Waals surface area contributed by atoms with E-state index in [0.717, 1.165) is 18.5 Å². The van der Waals surface area contributed by atoms with Gasteiger partial charge in [-0.05, 0) is 55.0 Å². The number of hydrogen-bond donors (Lipinski definition) is 0. The molecule has 2 aliphatic heterocycles. The van der Waals surface area contributed by atoms with Crippen LogP contribution < -0.4 is 0 Å². The van der Waals surface area contributed by atoms with Gasteiger partial charge in [0.25, 0.3) is 0 Å². The topological polar surface area (TPSA) is 43.9 Å². The van der Waals surface area contributed by atoms with Gasteiger partial charge in [-0.3, -0.25) is 14.5 Å². The number of thiophene rings is 1. The highest BCUT2D eigenvalue weighted by Crippen LogP contribution is 2.38. The molecule has 178 valence electrons. The Labute approximate surface area is 204 Å². The normalized spacial score (nSPS) is 19.5. The van der Waals surface area contributed by atoms with Crippen LogP contribution in [0.3, 0.4) is 0 Å². The molecule has 1 atom stereocenters. The minimum Gasteiger partial charge on any atom is -0.339 e. The third-order valence-corrected chi connectivity index (χ3v) is 8.34. The summed E-state index contributed by atoms with van der Waals surface area (Å²) in [5.74, 6) is 0.185. The van der Waals surface area contributed by atoms with E-state index in [1.165, 1.54) is 16.5 Å². The lowest BCUT2D eigenvalue weighted by Crippen LogP contribution is -2.54. The number of carbonyl (C=O) groups excluding carboxylic acids is 2. The van der Waals surface area contributed by atoms with Crippen molar-refractivity contribution in [1.82, 2.24) is 14.7 Å². The maximum absolute atomic E-state index is 14.0. The minimum absolute atomic E-state index is 0.0317. The third kappa shape index (κ3) is 5.26. The van der Waals surface area contributed by atoms with E-state index in [1.54, 1.807) is 23.5 Å². The van der Waals surface area contributed by atoms with Crippen LogP contribution in [0.1, 0.15) is 42.3 Å². The van der Waals surface area contributed by atoms with Crippen LogP contribution in [-0.2, 0) is 16.0 Å². The van der Waals surface area contributed by atoms with Crippen LogP contribution in [0.25, 0.3) is 0 Å². The molecule has 33 heavy (non-hydrogen) atoms. The van der Waals surface area contributed by atoms with Crippen molar-refractivity contribution in [3.8, 4) is 0 Å². The van der Waals surface area contributed by atoms with E-state index in [4.69, 9.17) is 11.6 Å². The lowest BCUT2D eigenvalue weighted by atomic mass is 9.93.